The molecular weight excluding hydrogens is 430 g/mol. The average Bonchev–Trinajstić information content (AvgIpc) is 3.19. The van der Waals surface area contributed by atoms with Crippen molar-refractivity contribution < 1.29 is 13.6 Å². The maximum atomic E-state index is 14.0. The van der Waals surface area contributed by atoms with Crippen LogP contribution >= 0.6 is 11.3 Å². The van der Waals surface area contributed by atoms with Crippen molar-refractivity contribution in [3.8, 4) is 11.3 Å². The van der Waals surface area contributed by atoms with Crippen LogP contribution in [0.5, 0.6) is 0 Å². The second-order valence-electron chi connectivity index (χ2n) is 6.44. The summed E-state index contributed by atoms with van der Waals surface area (Å²) in [6.45, 7) is 1.31. The van der Waals surface area contributed by atoms with Gasteiger partial charge >= 0.3 is 5.69 Å². The quantitative estimate of drug-likeness (QED) is 0.411. The molecular formula is C19H18F2N6O3S. The number of carbonyl (C=O) groups excluding carboxylic acids is 1. The predicted octanol–water partition coefficient (Wildman–Crippen LogP) is 2.09. The van der Waals surface area contributed by atoms with Gasteiger partial charge in [0.1, 0.15) is 17.3 Å². The number of aromatic nitrogens is 3. The maximum Gasteiger partial charge on any atom is 0.328 e. The largest absolute Gasteiger partial charge is 0.370 e. The molecule has 0 aliphatic rings. The van der Waals surface area contributed by atoms with Gasteiger partial charge in [-0.3, -0.25) is 14.2 Å². The first-order chi connectivity index (χ1) is 14.7. The van der Waals surface area contributed by atoms with Gasteiger partial charge in [-0.05, 0) is 18.6 Å². The number of carbonyl (C=O) groups is 1. The monoisotopic (exact) mass is 448 g/mol. The number of thiazole rings is 1. The lowest BCUT2D eigenvalue weighted by molar-refractivity contribution is -0.114. The molecule has 1 aromatic carbocycles. The zero-order valence-electron chi connectivity index (χ0n) is 16.5. The lowest BCUT2D eigenvalue weighted by Gasteiger charge is -2.09. The van der Waals surface area contributed by atoms with Gasteiger partial charge in [-0.2, -0.15) is 0 Å². The number of hydrogen-bond donors (Lipinski definition) is 4. The summed E-state index contributed by atoms with van der Waals surface area (Å²) >= 11 is 1.07. The van der Waals surface area contributed by atoms with Gasteiger partial charge in [0.15, 0.2) is 5.13 Å². The second kappa shape index (κ2) is 9.00. The summed E-state index contributed by atoms with van der Waals surface area (Å²) in [5, 5.41) is 14.2. The van der Waals surface area contributed by atoms with Gasteiger partial charge in [-0.1, -0.05) is 6.92 Å². The highest BCUT2D eigenvalue weighted by molar-refractivity contribution is 7.14. The summed E-state index contributed by atoms with van der Waals surface area (Å²) in [7, 11) is 1.26. The second-order valence-corrected chi connectivity index (χ2v) is 7.30. The number of nitrogens with zero attached hydrogens (tertiary/aromatic N) is 2. The van der Waals surface area contributed by atoms with Gasteiger partial charge in [0.05, 0.1) is 17.9 Å². The summed E-state index contributed by atoms with van der Waals surface area (Å²) in [6, 6.07) is 2.38. The summed E-state index contributed by atoms with van der Waals surface area (Å²) in [4.78, 5) is 42.5. The van der Waals surface area contributed by atoms with Crippen LogP contribution in [0.25, 0.3) is 11.3 Å². The molecule has 3 aromatic rings. The number of nitrogens with one attached hydrogen (secondary N) is 4. The van der Waals surface area contributed by atoms with Gasteiger partial charge in [-0.15, -0.1) is 11.3 Å². The number of benzene rings is 1. The highest BCUT2D eigenvalue weighted by atomic mass is 32.1. The van der Waals surface area contributed by atoms with Crippen molar-refractivity contribution in [3.63, 3.8) is 0 Å². The van der Waals surface area contributed by atoms with Crippen LogP contribution in [0, 0.1) is 17.0 Å². The predicted molar refractivity (Wildman–Crippen MR) is 114 cm³/mol. The molecule has 0 saturated heterocycles. The zero-order valence-corrected chi connectivity index (χ0v) is 17.3. The van der Waals surface area contributed by atoms with Crippen LogP contribution in [0.4, 0.5) is 19.6 Å². The van der Waals surface area contributed by atoms with Crippen LogP contribution in [0.2, 0.25) is 0 Å². The Balaban J connectivity index is 1.72. The Morgan fingerprint density at radius 2 is 2.00 bits per heavy atom. The van der Waals surface area contributed by atoms with Crippen molar-refractivity contribution in [2.75, 3.05) is 17.2 Å². The third-order valence-corrected chi connectivity index (χ3v) is 5.20. The molecule has 2 aromatic heterocycles. The van der Waals surface area contributed by atoms with E-state index >= 15 is 0 Å². The SMILES string of the molecule is CCc1c(F)cc(-c2csc(NC(=O)CNc3c(C=N)[nH]c(=O)n(C)c3=O)n2)cc1F. The van der Waals surface area contributed by atoms with Gasteiger partial charge in [0, 0.05) is 29.8 Å². The third kappa shape index (κ3) is 4.58. The van der Waals surface area contributed by atoms with Crippen molar-refractivity contribution in [2.45, 2.75) is 13.3 Å². The van der Waals surface area contributed by atoms with E-state index in [2.05, 4.69) is 20.6 Å². The first-order valence-electron chi connectivity index (χ1n) is 9.06. The van der Waals surface area contributed by atoms with Crippen LogP contribution in [-0.2, 0) is 18.3 Å². The van der Waals surface area contributed by atoms with E-state index in [-0.39, 0.29) is 40.6 Å². The molecule has 31 heavy (non-hydrogen) atoms. The number of anilines is 2. The van der Waals surface area contributed by atoms with E-state index < -0.39 is 28.8 Å². The van der Waals surface area contributed by atoms with E-state index in [9.17, 15) is 23.2 Å². The molecule has 0 fully saturated rings. The van der Waals surface area contributed by atoms with Gasteiger partial charge < -0.3 is 21.0 Å². The van der Waals surface area contributed by atoms with Crippen molar-refractivity contribution >= 4 is 34.3 Å². The Bertz CT molecular complexity index is 1260. The minimum Gasteiger partial charge on any atom is -0.370 e. The summed E-state index contributed by atoms with van der Waals surface area (Å²) in [6.07, 6.45) is 1.01. The molecule has 9 nitrogen and oxygen atoms in total. The number of H-pyrrole nitrogens is 1. The summed E-state index contributed by atoms with van der Waals surface area (Å²) in [5.74, 6) is -1.88. The molecule has 0 unspecified atom stereocenters. The van der Waals surface area contributed by atoms with Crippen molar-refractivity contribution in [2.24, 2.45) is 7.05 Å². The highest BCUT2D eigenvalue weighted by Gasteiger charge is 2.15. The Labute approximate surface area is 178 Å². The number of hydrogen-bond acceptors (Lipinski definition) is 7. The van der Waals surface area contributed by atoms with Crippen molar-refractivity contribution in [1.29, 1.82) is 5.41 Å². The van der Waals surface area contributed by atoms with Crippen molar-refractivity contribution in [3.05, 3.63) is 61.2 Å². The fourth-order valence-electron chi connectivity index (χ4n) is 2.80. The summed E-state index contributed by atoms with van der Waals surface area (Å²) in [5.41, 5.74) is -0.995. The highest BCUT2D eigenvalue weighted by Crippen LogP contribution is 2.28. The van der Waals surface area contributed by atoms with E-state index in [0.29, 0.717) is 5.69 Å². The molecule has 12 heteroatoms. The summed E-state index contributed by atoms with van der Waals surface area (Å²) < 4.78 is 28.8. The molecule has 0 saturated carbocycles. The molecule has 0 atom stereocenters. The molecule has 0 aliphatic carbocycles. The minimum atomic E-state index is -0.689. The molecule has 0 aliphatic heterocycles. The fourth-order valence-corrected chi connectivity index (χ4v) is 3.54. The van der Waals surface area contributed by atoms with E-state index in [1.54, 1.807) is 12.3 Å². The van der Waals surface area contributed by atoms with Gasteiger partial charge in [-0.25, -0.2) is 18.6 Å². The number of amides is 1. The third-order valence-electron chi connectivity index (χ3n) is 4.45. The topological polar surface area (TPSA) is 133 Å². The van der Waals surface area contributed by atoms with E-state index in [1.807, 2.05) is 0 Å². The fraction of sp³-hybridized carbons (Fsp3) is 0.211. The lowest BCUT2D eigenvalue weighted by Crippen LogP contribution is -2.37. The average molecular weight is 448 g/mol. The lowest BCUT2D eigenvalue weighted by atomic mass is 10.1. The van der Waals surface area contributed by atoms with E-state index in [4.69, 9.17) is 5.41 Å². The Morgan fingerprint density at radius 1 is 1.32 bits per heavy atom. The molecule has 4 N–H and O–H groups in total. The molecule has 0 spiro atoms. The Hall–Kier alpha value is -3.67. The molecule has 0 bridgehead atoms. The van der Waals surface area contributed by atoms with Gasteiger partial charge in [0.25, 0.3) is 5.56 Å². The number of aromatic amines is 1. The minimum absolute atomic E-state index is 0.00345. The normalized spacial score (nSPS) is 10.7. The van der Waals surface area contributed by atoms with Crippen LogP contribution in [0.15, 0.2) is 27.1 Å². The number of rotatable bonds is 7. The zero-order chi connectivity index (χ0) is 22.7. The van der Waals surface area contributed by atoms with Crippen LogP contribution in [0.1, 0.15) is 18.2 Å². The van der Waals surface area contributed by atoms with Crippen LogP contribution in [-0.4, -0.2) is 33.2 Å². The molecule has 0 radical (unpaired) electrons. The van der Waals surface area contributed by atoms with Crippen LogP contribution < -0.4 is 21.9 Å². The van der Waals surface area contributed by atoms with E-state index in [1.165, 1.54) is 19.2 Å². The first-order valence-corrected chi connectivity index (χ1v) is 9.94. The Morgan fingerprint density at radius 3 is 2.61 bits per heavy atom. The molecule has 162 valence electrons. The van der Waals surface area contributed by atoms with Crippen LogP contribution in [0.3, 0.4) is 0 Å². The molecule has 3 rings (SSSR count). The molecule has 2 heterocycles. The Kier molecular flexibility index (Phi) is 6.39. The first kappa shape index (κ1) is 22.0. The van der Waals surface area contributed by atoms with E-state index in [0.717, 1.165) is 22.1 Å². The maximum absolute atomic E-state index is 14.0. The molecule has 1 amide bonds. The smallest absolute Gasteiger partial charge is 0.328 e. The number of halogens is 2. The van der Waals surface area contributed by atoms with Gasteiger partial charge in [0.2, 0.25) is 5.91 Å². The standard InChI is InChI=1S/C19H18F2N6O3S/c1-3-10-11(20)4-9(5-12(10)21)14-8-31-18(24-14)26-15(28)7-23-16-13(6-22)25-19(30)27(2)17(16)29/h4-6,8,22-23H,3,7H2,1-2H3,(H,25,30)(H,24,26,28). The van der Waals surface area contributed by atoms with Crippen molar-refractivity contribution in [1.82, 2.24) is 14.5 Å².